The van der Waals surface area contributed by atoms with Crippen LogP contribution in [0.25, 0.3) is 0 Å². The SMILES string of the molecule is NC(=NCCN1CCc2ccccc2C1)Nc1ccc2c(c1)OCCCO2. The Kier molecular flexibility index (Phi) is 5.44. The first-order chi connectivity index (χ1) is 13.3. The summed E-state index contributed by atoms with van der Waals surface area (Å²) in [5.41, 5.74) is 9.80. The number of guanidine groups is 1. The molecule has 0 saturated heterocycles. The molecule has 2 heterocycles. The number of nitrogens with zero attached hydrogens (tertiary/aromatic N) is 2. The van der Waals surface area contributed by atoms with Gasteiger partial charge in [-0.1, -0.05) is 24.3 Å². The van der Waals surface area contributed by atoms with Crippen LogP contribution in [-0.4, -0.2) is 43.7 Å². The van der Waals surface area contributed by atoms with E-state index in [-0.39, 0.29) is 0 Å². The van der Waals surface area contributed by atoms with Crippen molar-refractivity contribution < 1.29 is 9.47 Å². The van der Waals surface area contributed by atoms with E-state index >= 15 is 0 Å². The lowest BCUT2D eigenvalue weighted by atomic mass is 10.0. The summed E-state index contributed by atoms with van der Waals surface area (Å²) in [6.45, 7) is 4.98. The van der Waals surface area contributed by atoms with E-state index in [2.05, 4.69) is 39.5 Å². The minimum absolute atomic E-state index is 0.418. The van der Waals surface area contributed by atoms with Gasteiger partial charge in [0.15, 0.2) is 17.5 Å². The smallest absolute Gasteiger partial charge is 0.193 e. The summed E-state index contributed by atoms with van der Waals surface area (Å²) < 4.78 is 11.4. The Morgan fingerprint density at radius 3 is 2.78 bits per heavy atom. The van der Waals surface area contributed by atoms with E-state index in [1.165, 1.54) is 11.1 Å². The number of hydrogen-bond acceptors (Lipinski definition) is 4. The van der Waals surface area contributed by atoms with Crippen molar-refractivity contribution in [3.05, 3.63) is 53.6 Å². The van der Waals surface area contributed by atoms with Gasteiger partial charge in [-0.2, -0.15) is 0 Å². The molecule has 0 aliphatic carbocycles. The molecule has 0 radical (unpaired) electrons. The number of nitrogens with two attached hydrogens (primary N) is 1. The second-order valence-corrected chi connectivity index (χ2v) is 6.90. The summed E-state index contributed by atoms with van der Waals surface area (Å²) in [6.07, 6.45) is 1.99. The average molecular weight is 366 g/mol. The van der Waals surface area contributed by atoms with Crippen molar-refractivity contribution in [2.24, 2.45) is 10.7 Å². The molecule has 6 nitrogen and oxygen atoms in total. The summed E-state index contributed by atoms with van der Waals surface area (Å²) in [6, 6.07) is 14.4. The number of aliphatic imine (C=N–C) groups is 1. The van der Waals surface area contributed by atoms with E-state index in [0.717, 1.165) is 49.7 Å². The van der Waals surface area contributed by atoms with Gasteiger partial charge in [0.25, 0.3) is 0 Å². The van der Waals surface area contributed by atoms with E-state index in [0.29, 0.717) is 25.7 Å². The molecule has 142 valence electrons. The van der Waals surface area contributed by atoms with Crippen LogP contribution in [0.1, 0.15) is 17.5 Å². The average Bonchev–Trinajstić information content (AvgIpc) is 2.93. The molecule has 0 aromatic heterocycles. The van der Waals surface area contributed by atoms with Crippen LogP contribution >= 0.6 is 0 Å². The fourth-order valence-electron chi connectivity index (χ4n) is 3.49. The van der Waals surface area contributed by atoms with Gasteiger partial charge in [0.05, 0.1) is 19.8 Å². The van der Waals surface area contributed by atoms with Crippen LogP contribution in [0.15, 0.2) is 47.5 Å². The van der Waals surface area contributed by atoms with Crippen LogP contribution in [0.5, 0.6) is 11.5 Å². The molecule has 6 heteroatoms. The van der Waals surface area contributed by atoms with Gasteiger partial charge in [-0.15, -0.1) is 0 Å². The lowest BCUT2D eigenvalue weighted by molar-refractivity contribution is 0.262. The molecule has 2 aromatic rings. The first-order valence-electron chi connectivity index (χ1n) is 9.54. The molecule has 27 heavy (non-hydrogen) atoms. The second kappa shape index (κ2) is 8.31. The maximum absolute atomic E-state index is 6.05. The number of nitrogens with one attached hydrogen (secondary N) is 1. The van der Waals surface area contributed by atoms with Gasteiger partial charge in [-0.25, -0.2) is 0 Å². The van der Waals surface area contributed by atoms with Gasteiger partial charge in [0.1, 0.15) is 0 Å². The lowest BCUT2D eigenvalue weighted by Gasteiger charge is -2.28. The fraction of sp³-hybridized carbons (Fsp3) is 0.381. The maximum Gasteiger partial charge on any atom is 0.193 e. The molecule has 0 amide bonds. The van der Waals surface area contributed by atoms with E-state index in [1.807, 2.05) is 18.2 Å². The highest BCUT2D eigenvalue weighted by atomic mass is 16.5. The first-order valence-corrected chi connectivity index (χ1v) is 9.54. The van der Waals surface area contributed by atoms with Crippen molar-refractivity contribution in [2.75, 3.05) is 38.2 Å². The van der Waals surface area contributed by atoms with Crippen molar-refractivity contribution in [3.63, 3.8) is 0 Å². The van der Waals surface area contributed by atoms with Gasteiger partial charge in [-0.3, -0.25) is 9.89 Å². The number of anilines is 1. The topological polar surface area (TPSA) is 72.1 Å². The molecule has 2 aliphatic rings. The monoisotopic (exact) mass is 366 g/mol. The first kappa shape index (κ1) is 17.7. The summed E-state index contributed by atoms with van der Waals surface area (Å²) >= 11 is 0. The van der Waals surface area contributed by atoms with Crippen LogP contribution in [0.4, 0.5) is 5.69 Å². The van der Waals surface area contributed by atoms with Crippen LogP contribution in [0.3, 0.4) is 0 Å². The largest absolute Gasteiger partial charge is 0.490 e. The third-order valence-corrected chi connectivity index (χ3v) is 4.93. The molecule has 0 bridgehead atoms. The second-order valence-electron chi connectivity index (χ2n) is 6.90. The Hall–Kier alpha value is -2.73. The van der Waals surface area contributed by atoms with Crippen LogP contribution in [0.2, 0.25) is 0 Å². The number of fused-ring (bicyclic) bond motifs is 2. The third-order valence-electron chi connectivity index (χ3n) is 4.93. The number of rotatable bonds is 4. The fourth-order valence-corrected chi connectivity index (χ4v) is 3.49. The standard InChI is InChI=1S/C21H26N4O2/c22-21(24-18-6-7-19-20(14-18)27-13-3-12-26-19)23-9-11-25-10-8-16-4-1-2-5-17(16)15-25/h1-2,4-7,14H,3,8-13,15H2,(H3,22,23,24). The molecule has 2 aromatic carbocycles. The van der Waals surface area contributed by atoms with Crippen molar-refractivity contribution >= 4 is 11.6 Å². The van der Waals surface area contributed by atoms with Gasteiger partial charge in [0, 0.05) is 37.8 Å². The van der Waals surface area contributed by atoms with Gasteiger partial charge in [-0.05, 0) is 29.7 Å². The lowest BCUT2D eigenvalue weighted by Crippen LogP contribution is -2.33. The van der Waals surface area contributed by atoms with Crippen LogP contribution in [-0.2, 0) is 13.0 Å². The molecule has 0 spiro atoms. The zero-order valence-electron chi connectivity index (χ0n) is 15.5. The number of hydrogen-bond donors (Lipinski definition) is 2. The zero-order valence-corrected chi connectivity index (χ0v) is 15.5. The quantitative estimate of drug-likeness (QED) is 0.643. The highest BCUT2D eigenvalue weighted by molar-refractivity contribution is 5.92. The Morgan fingerprint density at radius 2 is 1.89 bits per heavy atom. The predicted octanol–water partition coefficient (Wildman–Crippen LogP) is 2.63. The molecule has 3 N–H and O–H groups in total. The molecular formula is C21H26N4O2. The Bertz CT molecular complexity index is 822. The van der Waals surface area contributed by atoms with Gasteiger partial charge < -0.3 is 20.5 Å². The normalized spacial score (nSPS) is 17.1. The van der Waals surface area contributed by atoms with Crippen molar-refractivity contribution in [3.8, 4) is 11.5 Å². The molecule has 0 saturated carbocycles. The molecule has 4 rings (SSSR count). The molecule has 0 unspecified atom stereocenters. The Balaban J connectivity index is 1.29. The summed E-state index contributed by atoms with van der Waals surface area (Å²) in [7, 11) is 0. The molecular weight excluding hydrogens is 340 g/mol. The Morgan fingerprint density at radius 1 is 1.07 bits per heavy atom. The van der Waals surface area contributed by atoms with E-state index < -0.39 is 0 Å². The predicted molar refractivity (Wildman–Crippen MR) is 108 cm³/mol. The molecule has 0 atom stereocenters. The molecule has 2 aliphatic heterocycles. The number of benzene rings is 2. The van der Waals surface area contributed by atoms with Crippen LogP contribution < -0.4 is 20.5 Å². The minimum Gasteiger partial charge on any atom is -0.490 e. The maximum atomic E-state index is 6.05. The highest BCUT2D eigenvalue weighted by Gasteiger charge is 2.15. The summed E-state index contributed by atoms with van der Waals surface area (Å²) in [5, 5.41) is 3.14. The summed E-state index contributed by atoms with van der Waals surface area (Å²) in [5.74, 6) is 1.94. The van der Waals surface area contributed by atoms with Crippen LogP contribution in [0, 0.1) is 0 Å². The van der Waals surface area contributed by atoms with Crippen molar-refractivity contribution in [1.82, 2.24) is 4.90 Å². The van der Waals surface area contributed by atoms with Gasteiger partial charge in [0.2, 0.25) is 0 Å². The number of ether oxygens (including phenoxy) is 2. The van der Waals surface area contributed by atoms with Crippen molar-refractivity contribution in [2.45, 2.75) is 19.4 Å². The van der Waals surface area contributed by atoms with Gasteiger partial charge >= 0.3 is 0 Å². The summed E-state index contributed by atoms with van der Waals surface area (Å²) in [4.78, 5) is 6.89. The van der Waals surface area contributed by atoms with Crippen molar-refractivity contribution in [1.29, 1.82) is 0 Å². The Labute approximate surface area is 160 Å². The molecule has 0 fully saturated rings. The minimum atomic E-state index is 0.418. The zero-order chi connectivity index (χ0) is 18.5. The third kappa shape index (κ3) is 4.52. The van der Waals surface area contributed by atoms with E-state index in [9.17, 15) is 0 Å². The van der Waals surface area contributed by atoms with E-state index in [1.54, 1.807) is 0 Å². The highest BCUT2D eigenvalue weighted by Crippen LogP contribution is 2.32. The van der Waals surface area contributed by atoms with E-state index in [4.69, 9.17) is 15.2 Å².